The second-order valence-electron chi connectivity index (χ2n) is 21.3. The summed E-state index contributed by atoms with van der Waals surface area (Å²) >= 11 is 0. The van der Waals surface area contributed by atoms with E-state index in [1.54, 1.807) is 6.07 Å². The standard InChI is InChI=1S/C77H46N8/c1-79-55-43-49(48-78)42-53(44-55)52-40-41-73-63(45-52)60-30-12-21-39-72(60)85(73)74-64(61-31-13-19-37-70(61)83-66-33-15-8-26-56(66)57-27-9-16-34-67(57)83)46-54(77-81-75(50-22-4-2-5-23-50)80-76(82-77)51-24-6-3-7-25-51)47-65(74)62-32-14-20-38-71(62)84-68-35-17-10-28-58(68)59-29-11-18-36-69(59)84/h2-47H. The van der Waals surface area contributed by atoms with Crippen LogP contribution in [0.5, 0.6) is 0 Å². The van der Waals surface area contributed by atoms with Crippen molar-refractivity contribution >= 4 is 71.1 Å². The van der Waals surface area contributed by atoms with Crippen molar-refractivity contribution in [3.05, 3.63) is 296 Å². The Bertz CT molecular complexity index is 5090. The van der Waals surface area contributed by atoms with Crippen molar-refractivity contribution in [1.29, 1.82) is 5.26 Å². The van der Waals surface area contributed by atoms with Crippen molar-refractivity contribution in [3.63, 3.8) is 0 Å². The Balaban J connectivity index is 1.09. The molecule has 0 unspecified atom stereocenters. The summed E-state index contributed by atoms with van der Waals surface area (Å²) in [6, 6.07) is 100.0. The fourth-order valence-electron chi connectivity index (χ4n) is 12.8. The number of para-hydroxylation sites is 7. The van der Waals surface area contributed by atoms with Crippen molar-refractivity contribution in [3.8, 4) is 90.7 Å². The number of nitriles is 1. The summed E-state index contributed by atoms with van der Waals surface area (Å²) in [4.78, 5) is 19.9. The van der Waals surface area contributed by atoms with E-state index in [4.69, 9.17) is 21.5 Å². The number of aromatic nitrogens is 6. The zero-order chi connectivity index (χ0) is 56.5. The van der Waals surface area contributed by atoms with Gasteiger partial charge in [0.15, 0.2) is 23.2 Å². The summed E-state index contributed by atoms with van der Waals surface area (Å²) in [6.07, 6.45) is 0. The predicted octanol–water partition coefficient (Wildman–Crippen LogP) is 19.6. The molecule has 16 aromatic rings. The van der Waals surface area contributed by atoms with Gasteiger partial charge in [-0.15, -0.1) is 0 Å². The number of hydrogen-bond acceptors (Lipinski definition) is 4. The van der Waals surface area contributed by atoms with Crippen LogP contribution in [0.1, 0.15) is 5.56 Å². The molecule has 12 aromatic carbocycles. The number of nitrogens with zero attached hydrogens (tertiary/aromatic N) is 8. The summed E-state index contributed by atoms with van der Waals surface area (Å²) in [5, 5.41) is 16.9. The van der Waals surface area contributed by atoms with Crippen LogP contribution >= 0.6 is 0 Å². The van der Waals surface area contributed by atoms with Crippen LogP contribution in [-0.2, 0) is 0 Å². The SMILES string of the molecule is [C-]#[N+]c1cc(C#N)cc(-c2ccc3c(c2)c2ccccc2n3-c2c(-c3ccccc3-n3c4ccccc4c4ccccc43)cc(-c3nc(-c4ccccc4)nc(-c4ccccc4)n3)cc2-c2ccccc2-n2c3ccccc3c3ccccc32)c1. The van der Waals surface area contributed by atoms with E-state index in [2.05, 4.69) is 249 Å². The molecule has 85 heavy (non-hydrogen) atoms. The third-order valence-electron chi connectivity index (χ3n) is 16.5. The van der Waals surface area contributed by atoms with Gasteiger partial charge >= 0.3 is 0 Å². The molecule has 8 heteroatoms. The minimum Gasteiger partial charge on any atom is -0.309 e. The third kappa shape index (κ3) is 8.01. The first-order valence-corrected chi connectivity index (χ1v) is 28.3. The maximum absolute atomic E-state index is 10.1. The maximum atomic E-state index is 10.1. The summed E-state index contributed by atoms with van der Waals surface area (Å²) in [5.74, 6) is 1.65. The van der Waals surface area contributed by atoms with Gasteiger partial charge in [-0.1, -0.05) is 194 Å². The molecule has 0 spiro atoms. The Hall–Kier alpha value is -12.0. The second kappa shape index (κ2) is 19.9. The normalized spacial score (nSPS) is 11.5. The van der Waals surface area contributed by atoms with Crippen molar-refractivity contribution in [2.75, 3.05) is 0 Å². The Morgan fingerprint density at radius 3 is 1.15 bits per heavy atom. The Labute approximate surface area is 489 Å². The summed E-state index contributed by atoms with van der Waals surface area (Å²) in [6.45, 7) is 7.94. The fourth-order valence-corrected chi connectivity index (χ4v) is 12.8. The van der Waals surface area contributed by atoms with Crippen molar-refractivity contribution in [1.82, 2.24) is 28.7 Å². The zero-order valence-electron chi connectivity index (χ0n) is 45.6. The first-order chi connectivity index (χ1) is 42.1. The molecule has 394 valence electrons. The molecular weight excluding hydrogens is 1040 g/mol. The van der Waals surface area contributed by atoms with E-state index in [-0.39, 0.29) is 0 Å². The smallest absolute Gasteiger partial charge is 0.189 e. The van der Waals surface area contributed by atoms with E-state index in [1.165, 1.54) is 0 Å². The molecule has 8 nitrogen and oxygen atoms in total. The molecule has 0 bridgehead atoms. The van der Waals surface area contributed by atoms with Crippen LogP contribution in [-0.4, -0.2) is 28.7 Å². The fraction of sp³-hybridized carbons (Fsp3) is 0. The van der Waals surface area contributed by atoms with E-state index in [0.29, 0.717) is 28.7 Å². The highest BCUT2D eigenvalue weighted by Gasteiger charge is 2.28. The average Bonchev–Trinajstić information content (AvgIpc) is 2.42. The molecule has 0 aliphatic rings. The maximum Gasteiger partial charge on any atom is 0.189 e. The van der Waals surface area contributed by atoms with E-state index in [1.807, 2.05) is 48.5 Å². The Morgan fingerprint density at radius 1 is 0.306 bits per heavy atom. The van der Waals surface area contributed by atoms with Gasteiger partial charge in [0.1, 0.15) is 0 Å². The van der Waals surface area contributed by atoms with Crippen LogP contribution < -0.4 is 0 Å². The van der Waals surface area contributed by atoms with E-state index >= 15 is 0 Å². The van der Waals surface area contributed by atoms with Crippen LogP contribution in [0.15, 0.2) is 279 Å². The van der Waals surface area contributed by atoms with Gasteiger partial charge in [-0.3, -0.25) is 0 Å². The molecule has 4 heterocycles. The first kappa shape index (κ1) is 48.9. The zero-order valence-corrected chi connectivity index (χ0v) is 45.6. The molecule has 0 aliphatic heterocycles. The highest BCUT2D eigenvalue weighted by molar-refractivity contribution is 6.14. The summed E-state index contributed by atoms with van der Waals surface area (Å²) < 4.78 is 7.27. The molecule has 0 atom stereocenters. The molecule has 0 saturated heterocycles. The molecule has 16 rings (SSSR count). The molecule has 0 N–H and O–H groups in total. The van der Waals surface area contributed by atoms with Crippen LogP contribution in [0.3, 0.4) is 0 Å². The number of rotatable bonds is 9. The molecule has 0 amide bonds. The lowest BCUT2D eigenvalue weighted by Gasteiger charge is -2.24. The second-order valence-corrected chi connectivity index (χ2v) is 21.3. The first-order valence-electron chi connectivity index (χ1n) is 28.3. The van der Waals surface area contributed by atoms with Gasteiger partial charge in [0.25, 0.3) is 0 Å². The van der Waals surface area contributed by atoms with Gasteiger partial charge < -0.3 is 13.7 Å². The van der Waals surface area contributed by atoms with Crippen LogP contribution in [0.4, 0.5) is 5.69 Å². The quantitative estimate of drug-likeness (QED) is 0.135. The lowest BCUT2D eigenvalue weighted by atomic mass is 9.90. The largest absolute Gasteiger partial charge is 0.309 e. The molecule has 0 fully saturated rings. The van der Waals surface area contributed by atoms with Crippen LogP contribution in [0.2, 0.25) is 0 Å². The van der Waals surface area contributed by atoms with Gasteiger partial charge in [0.05, 0.1) is 62.8 Å². The average molecular weight is 1080 g/mol. The highest BCUT2D eigenvalue weighted by atomic mass is 15.0. The Kier molecular flexibility index (Phi) is 11.5. The van der Waals surface area contributed by atoms with Crippen molar-refractivity contribution in [2.24, 2.45) is 0 Å². The molecule has 0 saturated carbocycles. The summed E-state index contributed by atoms with van der Waals surface area (Å²) in [7, 11) is 0. The van der Waals surface area contributed by atoms with Crippen molar-refractivity contribution < 1.29 is 0 Å². The van der Waals surface area contributed by atoms with Gasteiger partial charge in [-0.25, -0.2) is 19.8 Å². The number of hydrogen-bond donors (Lipinski definition) is 0. The number of fused-ring (bicyclic) bond motifs is 9. The van der Waals surface area contributed by atoms with Crippen LogP contribution in [0, 0.1) is 17.9 Å². The molecule has 0 aliphatic carbocycles. The topological polar surface area (TPSA) is 81.6 Å². The minimum atomic E-state index is 0.416. The summed E-state index contributed by atoms with van der Waals surface area (Å²) in [5.41, 5.74) is 18.3. The van der Waals surface area contributed by atoms with Gasteiger partial charge in [-0.05, 0) is 96.1 Å². The molecule has 0 radical (unpaired) electrons. The predicted molar refractivity (Wildman–Crippen MR) is 346 cm³/mol. The van der Waals surface area contributed by atoms with E-state index in [9.17, 15) is 5.26 Å². The monoisotopic (exact) mass is 1080 g/mol. The number of benzene rings is 12. The van der Waals surface area contributed by atoms with Gasteiger partial charge in [-0.2, -0.15) is 5.26 Å². The van der Waals surface area contributed by atoms with Gasteiger partial charge in [0.2, 0.25) is 0 Å². The highest BCUT2D eigenvalue weighted by Crippen LogP contribution is 2.49. The van der Waals surface area contributed by atoms with Crippen LogP contribution in [0.25, 0.3) is 155 Å². The van der Waals surface area contributed by atoms with Gasteiger partial charge in [0, 0.05) is 76.8 Å². The van der Waals surface area contributed by atoms with E-state index in [0.717, 1.165) is 133 Å². The lowest BCUT2D eigenvalue weighted by molar-refractivity contribution is 1.07. The Morgan fingerprint density at radius 2 is 0.694 bits per heavy atom. The van der Waals surface area contributed by atoms with Crippen molar-refractivity contribution in [2.45, 2.75) is 0 Å². The molecule has 4 aromatic heterocycles. The minimum absolute atomic E-state index is 0.416. The lowest BCUT2D eigenvalue weighted by Crippen LogP contribution is -2.07. The molecular formula is C77H46N8. The third-order valence-corrected chi connectivity index (χ3v) is 16.5. The van der Waals surface area contributed by atoms with E-state index < -0.39 is 0 Å².